The lowest BCUT2D eigenvalue weighted by atomic mass is 9.44. The van der Waals surface area contributed by atoms with Gasteiger partial charge in [0.05, 0.1) is 5.60 Å². The quantitative estimate of drug-likeness (QED) is 0.677. The second-order valence-electron chi connectivity index (χ2n) is 9.95. The summed E-state index contributed by atoms with van der Waals surface area (Å²) in [5.41, 5.74) is 0.914. The highest BCUT2D eigenvalue weighted by Gasteiger charge is 2.64. The Bertz CT molecular complexity index is 522. The Balaban J connectivity index is 1.64. The number of carbonyl (C=O) groups is 1. The van der Waals surface area contributed by atoms with Gasteiger partial charge in [-0.25, -0.2) is 0 Å². The third-order valence-corrected chi connectivity index (χ3v) is 9.73. The minimum atomic E-state index is 0.114. The van der Waals surface area contributed by atoms with E-state index in [2.05, 4.69) is 20.8 Å². The lowest BCUT2D eigenvalue weighted by Gasteiger charge is -2.61. The van der Waals surface area contributed by atoms with Gasteiger partial charge in [-0.2, -0.15) is 0 Å². The molecule has 4 aliphatic carbocycles. The lowest BCUT2D eigenvalue weighted by Crippen LogP contribution is -2.56. The van der Waals surface area contributed by atoms with Crippen LogP contribution < -0.4 is 0 Å². The fraction of sp³-hybridized carbons (Fsp3) is 0.955. The highest BCUT2D eigenvalue weighted by molar-refractivity contribution is 5.79. The van der Waals surface area contributed by atoms with Gasteiger partial charge in [0.1, 0.15) is 5.78 Å². The summed E-state index contributed by atoms with van der Waals surface area (Å²) in [4.78, 5) is 12.0. The number of methoxy groups -OCH3 is 1. The molecular weight excluding hydrogens is 296 g/mol. The fourth-order valence-corrected chi connectivity index (χ4v) is 8.20. The number of fused-ring (bicyclic) bond motifs is 5. The molecule has 0 aromatic heterocycles. The molecule has 2 nitrogen and oxygen atoms in total. The van der Waals surface area contributed by atoms with Crippen molar-refractivity contribution in [3.63, 3.8) is 0 Å². The number of Topliss-reactive ketones (excluding diaryl/α,β-unsaturated/α-hetero) is 1. The van der Waals surface area contributed by atoms with Gasteiger partial charge >= 0.3 is 0 Å². The summed E-state index contributed by atoms with van der Waals surface area (Å²) in [5, 5.41) is 0. The van der Waals surface area contributed by atoms with Crippen LogP contribution in [0.25, 0.3) is 0 Å². The fourth-order valence-electron chi connectivity index (χ4n) is 8.20. The Morgan fingerprint density at radius 1 is 1.04 bits per heavy atom. The summed E-state index contributed by atoms with van der Waals surface area (Å²) in [5.74, 6) is 3.77. The zero-order valence-corrected chi connectivity index (χ0v) is 16.2. The van der Waals surface area contributed by atoms with Gasteiger partial charge < -0.3 is 4.74 Å². The van der Waals surface area contributed by atoms with E-state index in [9.17, 15) is 4.79 Å². The summed E-state index contributed by atoms with van der Waals surface area (Å²) >= 11 is 0. The molecule has 0 heterocycles. The molecule has 0 radical (unpaired) electrons. The van der Waals surface area contributed by atoms with Crippen molar-refractivity contribution in [2.45, 2.75) is 90.6 Å². The van der Waals surface area contributed by atoms with E-state index in [0.29, 0.717) is 22.5 Å². The maximum Gasteiger partial charge on any atom is 0.133 e. The second-order valence-corrected chi connectivity index (χ2v) is 9.95. The van der Waals surface area contributed by atoms with Crippen molar-refractivity contribution in [3.05, 3.63) is 0 Å². The van der Waals surface area contributed by atoms with Crippen LogP contribution in [0.15, 0.2) is 0 Å². The van der Waals surface area contributed by atoms with Gasteiger partial charge in [-0.1, -0.05) is 20.8 Å². The summed E-state index contributed by atoms with van der Waals surface area (Å²) in [6.45, 7) is 7.42. The highest BCUT2D eigenvalue weighted by atomic mass is 16.5. The van der Waals surface area contributed by atoms with E-state index >= 15 is 0 Å². The van der Waals surface area contributed by atoms with Crippen molar-refractivity contribution in [3.8, 4) is 0 Å². The van der Waals surface area contributed by atoms with Crippen LogP contribution >= 0.6 is 0 Å². The van der Waals surface area contributed by atoms with E-state index in [1.165, 1.54) is 38.5 Å². The van der Waals surface area contributed by atoms with Crippen molar-refractivity contribution < 1.29 is 9.53 Å². The smallest absolute Gasteiger partial charge is 0.133 e. The molecule has 0 aromatic carbocycles. The summed E-state index contributed by atoms with van der Waals surface area (Å²) in [6, 6.07) is 0. The zero-order valence-electron chi connectivity index (χ0n) is 16.2. The van der Waals surface area contributed by atoms with Gasteiger partial charge in [-0.3, -0.25) is 4.79 Å². The molecule has 0 amide bonds. The molecule has 136 valence electrons. The highest BCUT2D eigenvalue weighted by Crippen LogP contribution is 2.69. The molecule has 24 heavy (non-hydrogen) atoms. The third-order valence-electron chi connectivity index (χ3n) is 9.73. The molecular formula is C22H36O2. The molecule has 0 bridgehead atoms. The topological polar surface area (TPSA) is 26.3 Å². The molecule has 0 saturated heterocycles. The molecule has 4 rings (SSSR count). The molecule has 0 spiro atoms. The molecule has 1 unspecified atom stereocenters. The van der Waals surface area contributed by atoms with E-state index < -0.39 is 0 Å². The van der Waals surface area contributed by atoms with Gasteiger partial charge in [-0.15, -0.1) is 0 Å². The Morgan fingerprint density at radius 2 is 1.79 bits per heavy atom. The van der Waals surface area contributed by atoms with Gasteiger partial charge in [0.2, 0.25) is 0 Å². The standard InChI is InChI=1S/C22H36O2/c1-5-22(24-4)13-10-19-17-7-6-15-14-16(23)8-11-20(15,2)18(17)9-12-21(19,22)3/h15,17-19H,5-14H2,1-4H3/t15?,17-,18+,19+,20+,21+,22-/m1/s1. The monoisotopic (exact) mass is 332 g/mol. The molecule has 4 fully saturated rings. The molecule has 2 heteroatoms. The first-order chi connectivity index (χ1) is 11.4. The number of ether oxygens (including phenoxy) is 1. The molecule has 0 N–H and O–H groups in total. The number of rotatable bonds is 2. The molecule has 0 aliphatic heterocycles. The van der Waals surface area contributed by atoms with E-state index in [4.69, 9.17) is 4.74 Å². The van der Waals surface area contributed by atoms with Gasteiger partial charge in [0.15, 0.2) is 0 Å². The SMILES string of the molecule is CC[C@@]1(OC)CC[C@H]2[C@@H]3CCC4CC(=O)CC[C@]4(C)[C@H]3CC[C@@]21C. The number of hydrogen-bond acceptors (Lipinski definition) is 2. The first-order valence-corrected chi connectivity index (χ1v) is 10.5. The van der Waals surface area contributed by atoms with Crippen LogP contribution in [0.4, 0.5) is 0 Å². The molecule has 0 aromatic rings. The Kier molecular flexibility index (Phi) is 3.95. The van der Waals surface area contributed by atoms with Gasteiger partial charge in [-0.05, 0) is 85.9 Å². The minimum Gasteiger partial charge on any atom is -0.378 e. The second kappa shape index (κ2) is 5.56. The third kappa shape index (κ3) is 2.01. The average Bonchev–Trinajstić information content (AvgIpc) is 2.88. The first kappa shape index (κ1) is 17.1. The van der Waals surface area contributed by atoms with E-state index in [-0.39, 0.29) is 5.60 Å². The van der Waals surface area contributed by atoms with Gasteiger partial charge in [0, 0.05) is 20.0 Å². The first-order valence-electron chi connectivity index (χ1n) is 10.5. The Labute approximate surface area is 148 Å². The number of carbonyl (C=O) groups excluding carboxylic acids is 1. The largest absolute Gasteiger partial charge is 0.378 e. The van der Waals surface area contributed by atoms with Crippen molar-refractivity contribution in [1.29, 1.82) is 0 Å². The lowest BCUT2D eigenvalue weighted by molar-refractivity contribution is -0.166. The maximum absolute atomic E-state index is 12.0. The van der Waals surface area contributed by atoms with E-state index in [1.54, 1.807) is 0 Å². The van der Waals surface area contributed by atoms with Crippen LogP contribution in [0.5, 0.6) is 0 Å². The maximum atomic E-state index is 12.0. The van der Waals surface area contributed by atoms with Crippen LogP contribution in [0.2, 0.25) is 0 Å². The van der Waals surface area contributed by atoms with Gasteiger partial charge in [0.25, 0.3) is 0 Å². The predicted molar refractivity (Wildman–Crippen MR) is 96.8 cm³/mol. The summed E-state index contributed by atoms with van der Waals surface area (Å²) < 4.78 is 6.20. The molecule has 4 aliphatic rings. The average molecular weight is 333 g/mol. The molecule has 7 atom stereocenters. The van der Waals surface area contributed by atoms with Crippen LogP contribution in [-0.4, -0.2) is 18.5 Å². The number of ketones is 1. The number of hydrogen-bond donors (Lipinski definition) is 0. The van der Waals surface area contributed by atoms with E-state index in [1.807, 2.05) is 7.11 Å². The zero-order chi connectivity index (χ0) is 17.2. The van der Waals surface area contributed by atoms with Crippen LogP contribution in [0, 0.1) is 34.5 Å². The Hall–Kier alpha value is -0.370. The Morgan fingerprint density at radius 3 is 2.50 bits per heavy atom. The van der Waals surface area contributed by atoms with E-state index in [0.717, 1.165) is 43.4 Å². The normalized spacial score (nSPS) is 54.1. The summed E-state index contributed by atoms with van der Waals surface area (Å²) in [7, 11) is 1.95. The van der Waals surface area contributed by atoms with Crippen LogP contribution in [-0.2, 0) is 9.53 Å². The van der Waals surface area contributed by atoms with Crippen LogP contribution in [0.3, 0.4) is 0 Å². The minimum absolute atomic E-state index is 0.114. The summed E-state index contributed by atoms with van der Waals surface area (Å²) in [6.07, 6.45) is 12.0. The van der Waals surface area contributed by atoms with Crippen LogP contribution in [0.1, 0.15) is 85.0 Å². The van der Waals surface area contributed by atoms with Crippen molar-refractivity contribution in [1.82, 2.24) is 0 Å². The molecule has 4 saturated carbocycles. The van der Waals surface area contributed by atoms with Crippen molar-refractivity contribution in [2.75, 3.05) is 7.11 Å². The van der Waals surface area contributed by atoms with Crippen molar-refractivity contribution >= 4 is 5.78 Å². The predicted octanol–water partition coefficient (Wildman–Crippen LogP) is 5.39. The van der Waals surface area contributed by atoms with Crippen molar-refractivity contribution in [2.24, 2.45) is 34.5 Å².